The first-order valence-corrected chi connectivity index (χ1v) is 10.7. The molecule has 0 unspecified atom stereocenters. The number of rotatable bonds is 3. The van der Waals surface area contributed by atoms with E-state index in [4.69, 9.17) is 39.8 Å². The third-order valence-corrected chi connectivity index (χ3v) is 6.54. The van der Waals surface area contributed by atoms with Gasteiger partial charge in [0.1, 0.15) is 11.5 Å². The van der Waals surface area contributed by atoms with Gasteiger partial charge in [0.15, 0.2) is 4.32 Å². The second-order valence-electron chi connectivity index (χ2n) is 6.64. The summed E-state index contributed by atoms with van der Waals surface area (Å²) in [5, 5.41) is 0.939. The quantitative estimate of drug-likeness (QED) is 0.304. The first-order valence-electron chi connectivity index (χ1n) is 8.74. The number of thiocarbonyl (C=S) groups is 1. The molecule has 0 atom stereocenters. The van der Waals surface area contributed by atoms with Gasteiger partial charge < -0.3 is 4.42 Å². The zero-order chi connectivity index (χ0) is 20.7. The Hall–Kier alpha value is -2.05. The number of thioether (sulfide) groups is 1. The number of hydrogen-bond donors (Lipinski definition) is 0. The second kappa shape index (κ2) is 8.00. The molecule has 2 aromatic carbocycles. The summed E-state index contributed by atoms with van der Waals surface area (Å²) in [4.78, 5) is 15.1. The molecule has 0 radical (unpaired) electrons. The molecular weight excluding hydrogens is 445 g/mol. The van der Waals surface area contributed by atoms with Crippen molar-refractivity contribution < 1.29 is 9.21 Å². The van der Waals surface area contributed by atoms with Crippen LogP contribution in [0.1, 0.15) is 16.9 Å². The highest BCUT2D eigenvalue weighted by Crippen LogP contribution is 2.38. The molecule has 2 heterocycles. The molecule has 1 aromatic heterocycles. The molecule has 146 valence electrons. The number of hydrogen-bond acceptors (Lipinski definition) is 4. The van der Waals surface area contributed by atoms with E-state index in [0.29, 0.717) is 30.8 Å². The van der Waals surface area contributed by atoms with Crippen molar-refractivity contribution in [3.8, 4) is 11.3 Å². The highest BCUT2D eigenvalue weighted by molar-refractivity contribution is 8.27. The Labute approximate surface area is 188 Å². The monoisotopic (exact) mass is 459 g/mol. The molecule has 3 aromatic rings. The molecule has 0 aliphatic carbocycles. The van der Waals surface area contributed by atoms with Gasteiger partial charge in [0.25, 0.3) is 5.91 Å². The number of benzene rings is 2. The van der Waals surface area contributed by atoms with Gasteiger partial charge in [-0.25, -0.2) is 0 Å². The zero-order valence-corrected chi connectivity index (χ0v) is 18.7. The van der Waals surface area contributed by atoms with Crippen LogP contribution < -0.4 is 4.90 Å². The van der Waals surface area contributed by atoms with Crippen LogP contribution in [0.4, 0.5) is 5.69 Å². The van der Waals surface area contributed by atoms with Crippen molar-refractivity contribution in [1.82, 2.24) is 0 Å². The predicted molar refractivity (Wildman–Crippen MR) is 126 cm³/mol. The van der Waals surface area contributed by atoms with Gasteiger partial charge in [-0.3, -0.25) is 9.69 Å². The topological polar surface area (TPSA) is 33.5 Å². The van der Waals surface area contributed by atoms with Crippen LogP contribution in [0, 0.1) is 13.8 Å². The second-order valence-corrected chi connectivity index (χ2v) is 9.13. The Balaban J connectivity index is 1.63. The van der Waals surface area contributed by atoms with Crippen LogP contribution in [0.2, 0.25) is 10.0 Å². The van der Waals surface area contributed by atoms with Crippen LogP contribution in [0.15, 0.2) is 57.9 Å². The minimum atomic E-state index is -0.152. The van der Waals surface area contributed by atoms with Gasteiger partial charge in [-0.15, -0.1) is 0 Å². The van der Waals surface area contributed by atoms with Gasteiger partial charge >= 0.3 is 0 Å². The van der Waals surface area contributed by atoms with E-state index in [9.17, 15) is 4.79 Å². The fraction of sp³-hybridized carbons (Fsp3) is 0.0909. The summed E-state index contributed by atoms with van der Waals surface area (Å²) in [6.07, 6.45) is 1.71. The fourth-order valence-corrected chi connectivity index (χ4v) is 4.56. The lowest BCUT2D eigenvalue weighted by atomic mass is 10.1. The Kier molecular flexibility index (Phi) is 5.58. The molecule has 1 fully saturated rings. The van der Waals surface area contributed by atoms with Crippen molar-refractivity contribution in [2.24, 2.45) is 0 Å². The summed E-state index contributed by atoms with van der Waals surface area (Å²) in [6.45, 7) is 3.96. The normalized spacial score (nSPS) is 15.6. The third-order valence-electron chi connectivity index (χ3n) is 4.50. The van der Waals surface area contributed by atoms with Crippen LogP contribution in [0.25, 0.3) is 17.4 Å². The first-order chi connectivity index (χ1) is 13.8. The molecule has 0 saturated carbocycles. The van der Waals surface area contributed by atoms with Crippen LogP contribution in [0.3, 0.4) is 0 Å². The highest BCUT2D eigenvalue weighted by Gasteiger charge is 2.34. The Morgan fingerprint density at radius 1 is 1.03 bits per heavy atom. The summed E-state index contributed by atoms with van der Waals surface area (Å²) >= 11 is 18.8. The van der Waals surface area contributed by atoms with E-state index in [1.54, 1.807) is 23.1 Å². The van der Waals surface area contributed by atoms with Gasteiger partial charge in [0, 0.05) is 11.6 Å². The van der Waals surface area contributed by atoms with E-state index < -0.39 is 0 Å². The maximum absolute atomic E-state index is 13.0. The van der Waals surface area contributed by atoms with Crippen LogP contribution in [-0.4, -0.2) is 10.2 Å². The van der Waals surface area contributed by atoms with Crippen molar-refractivity contribution in [2.45, 2.75) is 13.8 Å². The Bertz CT molecular complexity index is 1180. The third kappa shape index (κ3) is 4.01. The minimum absolute atomic E-state index is 0.152. The zero-order valence-electron chi connectivity index (χ0n) is 15.5. The Morgan fingerprint density at radius 2 is 1.83 bits per heavy atom. The summed E-state index contributed by atoms with van der Waals surface area (Å²) in [5.74, 6) is 1.05. The lowest BCUT2D eigenvalue weighted by molar-refractivity contribution is -0.113. The molecule has 1 aliphatic rings. The lowest BCUT2D eigenvalue weighted by Crippen LogP contribution is -2.28. The smallest absolute Gasteiger partial charge is 0.270 e. The number of furan rings is 1. The molecule has 4 rings (SSSR count). The molecule has 29 heavy (non-hydrogen) atoms. The van der Waals surface area contributed by atoms with Crippen LogP contribution in [-0.2, 0) is 4.79 Å². The summed E-state index contributed by atoms with van der Waals surface area (Å²) in [6, 6.07) is 14.9. The van der Waals surface area contributed by atoms with Crippen molar-refractivity contribution in [1.29, 1.82) is 0 Å². The van der Waals surface area contributed by atoms with E-state index in [0.717, 1.165) is 22.4 Å². The van der Waals surface area contributed by atoms with E-state index in [1.165, 1.54) is 11.8 Å². The van der Waals surface area contributed by atoms with Crippen LogP contribution >= 0.6 is 47.2 Å². The van der Waals surface area contributed by atoms with Crippen molar-refractivity contribution >= 4 is 69.2 Å². The van der Waals surface area contributed by atoms with Gasteiger partial charge in [0.2, 0.25) is 0 Å². The molecule has 1 aliphatic heterocycles. The molecule has 0 spiro atoms. The molecule has 3 nitrogen and oxygen atoms in total. The van der Waals surface area contributed by atoms with Crippen molar-refractivity contribution in [3.05, 3.63) is 80.4 Å². The number of carbonyl (C=O) groups excluding carboxylic acids is 1. The molecule has 0 N–H and O–H groups in total. The van der Waals surface area contributed by atoms with Gasteiger partial charge in [-0.1, -0.05) is 59.3 Å². The van der Waals surface area contributed by atoms with E-state index in [2.05, 4.69) is 0 Å². The van der Waals surface area contributed by atoms with Crippen molar-refractivity contribution in [3.63, 3.8) is 0 Å². The van der Waals surface area contributed by atoms with Gasteiger partial charge in [-0.2, -0.15) is 0 Å². The number of amides is 1. The number of halogens is 2. The summed E-state index contributed by atoms with van der Waals surface area (Å²) in [7, 11) is 0. The van der Waals surface area contributed by atoms with E-state index in [1.807, 2.05) is 50.2 Å². The summed E-state index contributed by atoms with van der Waals surface area (Å²) < 4.78 is 6.39. The molecule has 1 amide bonds. The summed E-state index contributed by atoms with van der Waals surface area (Å²) in [5.41, 5.74) is 3.68. The number of nitrogens with zero attached hydrogens (tertiary/aromatic N) is 1. The van der Waals surface area contributed by atoms with Crippen LogP contribution in [0.5, 0.6) is 0 Å². The van der Waals surface area contributed by atoms with E-state index >= 15 is 0 Å². The number of anilines is 1. The number of aryl methyl sites for hydroxylation is 2. The molecular formula is C22H15Cl2NO2S2. The highest BCUT2D eigenvalue weighted by atomic mass is 35.5. The van der Waals surface area contributed by atoms with Crippen molar-refractivity contribution in [2.75, 3.05) is 4.90 Å². The standard InChI is InChI=1S/C22H15Cl2NO2S2/c1-12-3-4-13(2)18(9-12)25-21(26)20(29-22(25)28)11-15-6-8-19(27-15)14-5-7-16(23)17(24)10-14/h3-11H,1-2H3/b20-11+. The maximum atomic E-state index is 13.0. The van der Waals surface area contributed by atoms with Gasteiger partial charge in [-0.05, 0) is 61.4 Å². The lowest BCUT2D eigenvalue weighted by Gasteiger charge is -2.17. The largest absolute Gasteiger partial charge is 0.457 e. The number of carbonyl (C=O) groups is 1. The minimum Gasteiger partial charge on any atom is -0.457 e. The van der Waals surface area contributed by atoms with Gasteiger partial charge in [0.05, 0.1) is 20.6 Å². The SMILES string of the molecule is Cc1ccc(C)c(N2C(=O)/C(=C\c3ccc(-c4ccc(Cl)c(Cl)c4)o3)SC2=S)c1. The average Bonchev–Trinajstić information content (AvgIpc) is 3.25. The molecule has 0 bridgehead atoms. The maximum Gasteiger partial charge on any atom is 0.270 e. The fourth-order valence-electron chi connectivity index (χ4n) is 3.00. The molecule has 7 heteroatoms. The Morgan fingerprint density at radius 3 is 2.59 bits per heavy atom. The predicted octanol–water partition coefficient (Wildman–Crippen LogP) is 7.28. The first kappa shape index (κ1) is 20.2. The molecule has 1 saturated heterocycles. The van der Waals surface area contributed by atoms with E-state index in [-0.39, 0.29) is 5.91 Å². The average molecular weight is 460 g/mol.